The molecule has 0 fully saturated rings. The number of hydrogen-bond donors (Lipinski definition) is 0. The molecule has 6 nitrogen and oxygen atoms in total. The number of rotatable bonds is 55. The fourth-order valence-corrected chi connectivity index (χ4v) is 8.50. The molecule has 0 bridgehead atoms. The molecule has 0 aromatic carbocycles. The summed E-state index contributed by atoms with van der Waals surface area (Å²) in [5, 5.41) is 0. The normalized spacial score (nSPS) is 12.8. The van der Waals surface area contributed by atoms with Gasteiger partial charge in [0.25, 0.3) is 0 Å². The van der Waals surface area contributed by atoms with Crippen LogP contribution in [0.25, 0.3) is 0 Å². The van der Waals surface area contributed by atoms with Crippen molar-refractivity contribution in [1.82, 2.24) is 0 Å². The quantitative estimate of drug-likeness (QED) is 0.0261. The molecule has 1 unspecified atom stereocenters. The summed E-state index contributed by atoms with van der Waals surface area (Å²) >= 11 is 0. The largest absolute Gasteiger partial charge is 0.462 e. The molecule has 418 valence electrons. The Bertz CT molecular complexity index is 1440. The highest BCUT2D eigenvalue weighted by Crippen LogP contribution is 2.16. The van der Waals surface area contributed by atoms with Crippen molar-refractivity contribution in [3.8, 4) is 0 Å². The number of allylic oxidation sites excluding steroid dienone is 16. The molecule has 73 heavy (non-hydrogen) atoms. The predicted octanol–water partition coefficient (Wildman–Crippen LogP) is 20.9. The molecule has 1 atom stereocenters. The van der Waals surface area contributed by atoms with Gasteiger partial charge in [-0.1, -0.05) is 279 Å². The zero-order chi connectivity index (χ0) is 52.9. The van der Waals surface area contributed by atoms with Gasteiger partial charge in [-0.3, -0.25) is 14.4 Å². The third kappa shape index (κ3) is 59.1. The Morgan fingerprint density at radius 3 is 0.890 bits per heavy atom. The van der Waals surface area contributed by atoms with Crippen LogP contribution in [0.5, 0.6) is 0 Å². The van der Waals surface area contributed by atoms with Crippen LogP contribution in [0.4, 0.5) is 0 Å². The molecule has 0 aromatic heterocycles. The highest BCUT2D eigenvalue weighted by molar-refractivity contribution is 5.71. The fraction of sp³-hybridized carbons (Fsp3) is 0.716. The van der Waals surface area contributed by atoms with Crippen LogP contribution >= 0.6 is 0 Å². The lowest BCUT2D eigenvalue weighted by atomic mass is 10.0. The van der Waals surface area contributed by atoms with Crippen LogP contribution in [0.3, 0.4) is 0 Å². The van der Waals surface area contributed by atoms with Gasteiger partial charge in [0.05, 0.1) is 0 Å². The number of carbonyl (C=O) groups is 3. The van der Waals surface area contributed by atoms with Gasteiger partial charge in [-0.15, -0.1) is 0 Å². The second kappa shape index (κ2) is 60.9. The Morgan fingerprint density at radius 1 is 0.288 bits per heavy atom. The molecular formula is C67H114O6. The summed E-state index contributed by atoms with van der Waals surface area (Å²) < 4.78 is 16.8. The smallest absolute Gasteiger partial charge is 0.306 e. The van der Waals surface area contributed by atoms with Crippen molar-refractivity contribution in [3.05, 3.63) is 97.2 Å². The van der Waals surface area contributed by atoms with Crippen molar-refractivity contribution in [2.45, 2.75) is 297 Å². The van der Waals surface area contributed by atoms with Crippen molar-refractivity contribution in [1.29, 1.82) is 0 Å². The summed E-state index contributed by atoms with van der Waals surface area (Å²) in [5.74, 6) is -0.985. The molecule has 0 rings (SSSR count). The summed E-state index contributed by atoms with van der Waals surface area (Å²) in [7, 11) is 0. The molecule has 0 heterocycles. The minimum atomic E-state index is -0.818. The number of carbonyl (C=O) groups excluding carboxylic acids is 3. The van der Waals surface area contributed by atoms with Gasteiger partial charge in [0.2, 0.25) is 0 Å². The van der Waals surface area contributed by atoms with Crippen molar-refractivity contribution in [2.24, 2.45) is 0 Å². The fourth-order valence-electron chi connectivity index (χ4n) is 8.50. The standard InChI is InChI=1S/C67H114O6/c1-4-7-10-13-16-19-22-25-27-29-31-32-33-34-36-37-39-42-45-48-51-54-57-60-66(69)72-63-64(62-71-65(68)59-56-53-50-47-44-41-24-21-18-15-12-9-6-3)73-67(70)61-58-55-52-49-46-43-40-38-35-30-28-26-23-20-17-14-11-8-5-2/h8,11,17,20,22,25-26,28-29,31,35,38,43,46,52,55,64H,4-7,9-10,12-16,18-19,21,23-24,27,30,32-34,36-37,39-42,44-45,47-51,53-54,56-63H2,1-3H3/b11-8-,20-17-,25-22-,28-26-,31-29-,38-35-,46-43-,55-52-. The summed E-state index contributed by atoms with van der Waals surface area (Å²) in [4.78, 5) is 38.2. The van der Waals surface area contributed by atoms with Crippen molar-refractivity contribution >= 4 is 17.9 Å². The first-order chi connectivity index (χ1) is 36.0. The molecule has 0 amide bonds. The third-order valence-corrected chi connectivity index (χ3v) is 13.1. The Morgan fingerprint density at radius 2 is 0.562 bits per heavy atom. The van der Waals surface area contributed by atoms with E-state index in [0.29, 0.717) is 19.3 Å². The Labute approximate surface area is 451 Å². The summed E-state index contributed by atoms with van der Waals surface area (Å²) in [5.41, 5.74) is 0. The minimum Gasteiger partial charge on any atom is -0.462 e. The lowest BCUT2D eigenvalue weighted by molar-refractivity contribution is -0.166. The number of hydrogen-bond acceptors (Lipinski definition) is 6. The van der Waals surface area contributed by atoms with Crippen LogP contribution in [-0.4, -0.2) is 37.2 Å². The molecule has 0 N–H and O–H groups in total. The SMILES string of the molecule is CC/C=C\C/C=C\C/C=C\C/C=C\C/C=C\C/C=C\CCC(=O)OC(COC(=O)CCCCCCCCCCCCC/C=C\C/C=C\CCCCCCC)COC(=O)CCCCCCCCCCCCCCC. The van der Waals surface area contributed by atoms with E-state index in [4.69, 9.17) is 14.2 Å². The lowest BCUT2D eigenvalue weighted by Gasteiger charge is -2.18. The van der Waals surface area contributed by atoms with E-state index in [0.717, 1.165) is 83.5 Å². The number of ether oxygens (including phenoxy) is 3. The molecule has 0 aliphatic rings. The van der Waals surface area contributed by atoms with Crippen LogP contribution in [0.15, 0.2) is 97.2 Å². The maximum absolute atomic E-state index is 12.8. The molecule has 6 heteroatoms. The molecule has 0 aliphatic heterocycles. The highest BCUT2D eigenvalue weighted by atomic mass is 16.6. The maximum atomic E-state index is 12.8. The van der Waals surface area contributed by atoms with Crippen LogP contribution in [0.2, 0.25) is 0 Å². The first-order valence-electron chi connectivity index (χ1n) is 30.7. The molecule has 0 aromatic rings. The van der Waals surface area contributed by atoms with Crippen molar-refractivity contribution in [2.75, 3.05) is 13.2 Å². The van der Waals surface area contributed by atoms with Gasteiger partial charge in [0, 0.05) is 19.3 Å². The van der Waals surface area contributed by atoms with Crippen molar-refractivity contribution in [3.63, 3.8) is 0 Å². The molecule has 0 radical (unpaired) electrons. The second-order valence-corrected chi connectivity index (χ2v) is 20.2. The number of unbranched alkanes of at least 4 members (excludes halogenated alkanes) is 28. The monoisotopic (exact) mass is 1010 g/mol. The van der Waals surface area contributed by atoms with E-state index in [1.807, 2.05) is 6.08 Å². The molecule has 0 saturated carbocycles. The van der Waals surface area contributed by atoms with Gasteiger partial charge in [-0.25, -0.2) is 0 Å². The topological polar surface area (TPSA) is 78.9 Å². The molecular weight excluding hydrogens is 901 g/mol. The van der Waals surface area contributed by atoms with E-state index < -0.39 is 12.1 Å². The lowest BCUT2D eigenvalue weighted by Crippen LogP contribution is -2.30. The van der Waals surface area contributed by atoms with E-state index in [1.165, 1.54) is 161 Å². The first kappa shape index (κ1) is 69.3. The highest BCUT2D eigenvalue weighted by Gasteiger charge is 2.19. The van der Waals surface area contributed by atoms with Gasteiger partial charge < -0.3 is 14.2 Å². The van der Waals surface area contributed by atoms with Crippen LogP contribution in [0.1, 0.15) is 290 Å². The Kier molecular flexibility index (Phi) is 57.8. The van der Waals surface area contributed by atoms with Gasteiger partial charge in [-0.2, -0.15) is 0 Å². The van der Waals surface area contributed by atoms with Gasteiger partial charge in [-0.05, 0) is 89.9 Å². The predicted molar refractivity (Wildman–Crippen MR) is 316 cm³/mol. The zero-order valence-corrected chi connectivity index (χ0v) is 47.9. The average Bonchev–Trinajstić information content (AvgIpc) is 3.39. The molecule has 0 aliphatic carbocycles. The maximum Gasteiger partial charge on any atom is 0.306 e. The zero-order valence-electron chi connectivity index (χ0n) is 47.9. The van der Waals surface area contributed by atoms with E-state index >= 15 is 0 Å². The Balaban J connectivity index is 4.42. The Hall–Kier alpha value is -3.67. The minimum absolute atomic E-state index is 0.106. The van der Waals surface area contributed by atoms with E-state index in [2.05, 4.69) is 112 Å². The summed E-state index contributed by atoms with van der Waals surface area (Å²) in [6.45, 7) is 6.47. The second-order valence-electron chi connectivity index (χ2n) is 20.2. The van der Waals surface area contributed by atoms with Gasteiger partial charge in [0.1, 0.15) is 13.2 Å². The van der Waals surface area contributed by atoms with Crippen molar-refractivity contribution < 1.29 is 28.6 Å². The van der Waals surface area contributed by atoms with E-state index in [9.17, 15) is 14.4 Å². The van der Waals surface area contributed by atoms with Crippen LogP contribution in [-0.2, 0) is 28.6 Å². The van der Waals surface area contributed by atoms with Crippen LogP contribution in [0, 0.1) is 0 Å². The molecule has 0 saturated heterocycles. The average molecular weight is 1020 g/mol. The van der Waals surface area contributed by atoms with Gasteiger partial charge >= 0.3 is 17.9 Å². The van der Waals surface area contributed by atoms with Gasteiger partial charge in [0.15, 0.2) is 6.10 Å². The summed E-state index contributed by atoms with van der Waals surface area (Å²) in [6, 6.07) is 0. The third-order valence-electron chi connectivity index (χ3n) is 13.1. The molecule has 0 spiro atoms. The van der Waals surface area contributed by atoms with Crippen LogP contribution < -0.4 is 0 Å². The number of esters is 3. The summed E-state index contributed by atoms with van der Waals surface area (Å²) in [6.07, 6.45) is 81.3. The van der Waals surface area contributed by atoms with E-state index in [1.54, 1.807) is 0 Å². The first-order valence-corrected chi connectivity index (χ1v) is 30.7. The van der Waals surface area contributed by atoms with E-state index in [-0.39, 0.29) is 31.6 Å².